The van der Waals surface area contributed by atoms with E-state index >= 15 is 0 Å². The SMILES string of the molecule is c1ccc(-c2cc(-c3ccccc3)nc(-c3cc(-n4c5ccccc5c5cc6ccccc6cc54)c4ccccc4c3)n2)cc1. The lowest BCUT2D eigenvalue weighted by Crippen LogP contribution is -1.99. The topological polar surface area (TPSA) is 30.7 Å². The van der Waals surface area contributed by atoms with Gasteiger partial charge in [0.1, 0.15) is 0 Å². The highest BCUT2D eigenvalue weighted by Crippen LogP contribution is 2.39. The van der Waals surface area contributed by atoms with Gasteiger partial charge >= 0.3 is 0 Å². The molecule has 0 aliphatic heterocycles. The van der Waals surface area contributed by atoms with Gasteiger partial charge in [0.15, 0.2) is 5.82 Å². The number of rotatable bonds is 4. The molecule has 2 aromatic heterocycles. The zero-order valence-electron chi connectivity index (χ0n) is 24.4. The summed E-state index contributed by atoms with van der Waals surface area (Å²) in [6.07, 6.45) is 0. The first-order chi connectivity index (χ1) is 22.3. The van der Waals surface area contributed by atoms with E-state index in [0.29, 0.717) is 5.82 Å². The Bertz CT molecular complexity index is 2470. The van der Waals surface area contributed by atoms with Crippen molar-refractivity contribution in [2.45, 2.75) is 0 Å². The van der Waals surface area contributed by atoms with Crippen LogP contribution in [0.1, 0.15) is 0 Å². The monoisotopic (exact) mass is 573 g/mol. The average Bonchev–Trinajstić information content (AvgIpc) is 3.43. The van der Waals surface area contributed by atoms with Crippen molar-refractivity contribution in [2.24, 2.45) is 0 Å². The molecule has 0 spiro atoms. The molecule has 0 amide bonds. The predicted molar refractivity (Wildman–Crippen MR) is 188 cm³/mol. The molecule has 0 aliphatic carbocycles. The molecular weight excluding hydrogens is 546 g/mol. The van der Waals surface area contributed by atoms with Crippen LogP contribution >= 0.6 is 0 Å². The van der Waals surface area contributed by atoms with Crippen LogP contribution in [-0.4, -0.2) is 14.5 Å². The van der Waals surface area contributed by atoms with Crippen molar-refractivity contribution in [2.75, 3.05) is 0 Å². The first-order valence-corrected chi connectivity index (χ1v) is 15.3. The molecule has 0 bridgehead atoms. The Labute approximate surface area is 260 Å². The maximum absolute atomic E-state index is 5.17. The molecule has 3 nitrogen and oxygen atoms in total. The molecule has 0 N–H and O–H groups in total. The van der Waals surface area contributed by atoms with Crippen LogP contribution in [0.4, 0.5) is 0 Å². The molecule has 0 fully saturated rings. The lowest BCUT2D eigenvalue weighted by molar-refractivity contribution is 1.17. The Morgan fingerprint density at radius 3 is 1.60 bits per heavy atom. The molecule has 0 atom stereocenters. The van der Waals surface area contributed by atoms with Crippen LogP contribution in [0, 0.1) is 0 Å². The van der Waals surface area contributed by atoms with Crippen LogP contribution < -0.4 is 0 Å². The highest BCUT2D eigenvalue weighted by molar-refractivity contribution is 6.14. The van der Waals surface area contributed by atoms with E-state index in [1.54, 1.807) is 0 Å². The number of hydrogen-bond donors (Lipinski definition) is 0. The highest BCUT2D eigenvalue weighted by atomic mass is 15.0. The molecule has 0 saturated carbocycles. The van der Waals surface area contributed by atoms with Gasteiger partial charge in [-0.3, -0.25) is 0 Å². The minimum absolute atomic E-state index is 0.702. The normalized spacial score (nSPS) is 11.6. The van der Waals surface area contributed by atoms with E-state index in [1.807, 2.05) is 12.1 Å². The van der Waals surface area contributed by atoms with Gasteiger partial charge < -0.3 is 4.57 Å². The van der Waals surface area contributed by atoms with Crippen LogP contribution in [0.5, 0.6) is 0 Å². The summed E-state index contributed by atoms with van der Waals surface area (Å²) in [4.78, 5) is 10.3. The third-order valence-electron chi connectivity index (χ3n) is 8.74. The number of aromatic nitrogens is 3. The lowest BCUT2D eigenvalue weighted by atomic mass is 10.0. The summed E-state index contributed by atoms with van der Waals surface area (Å²) in [5.74, 6) is 0.702. The van der Waals surface area contributed by atoms with Crippen molar-refractivity contribution in [3.8, 4) is 39.6 Å². The van der Waals surface area contributed by atoms with Gasteiger partial charge in [0.05, 0.1) is 28.1 Å². The summed E-state index contributed by atoms with van der Waals surface area (Å²) in [5, 5.41) is 7.27. The van der Waals surface area contributed by atoms with E-state index in [9.17, 15) is 0 Å². The summed E-state index contributed by atoms with van der Waals surface area (Å²) < 4.78 is 2.42. The minimum atomic E-state index is 0.702. The molecule has 210 valence electrons. The fraction of sp³-hybridized carbons (Fsp3) is 0. The Morgan fingerprint density at radius 2 is 0.911 bits per heavy atom. The molecule has 0 radical (unpaired) electrons. The van der Waals surface area contributed by atoms with Gasteiger partial charge in [-0.15, -0.1) is 0 Å². The fourth-order valence-electron chi connectivity index (χ4n) is 6.61. The van der Waals surface area contributed by atoms with Gasteiger partial charge in [0, 0.05) is 32.8 Å². The highest BCUT2D eigenvalue weighted by Gasteiger charge is 2.18. The van der Waals surface area contributed by atoms with Gasteiger partial charge in [-0.25, -0.2) is 9.97 Å². The van der Waals surface area contributed by atoms with E-state index in [2.05, 4.69) is 156 Å². The maximum Gasteiger partial charge on any atom is 0.160 e. The molecule has 0 aliphatic rings. The maximum atomic E-state index is 5.17. The number of para-hydroxylation sites is 1. The largest absolute Gasteiger partial charge is 0.309 e. The van der Waals surface area contributed by atoms with Gasteiger partial charge in [-0.2, -0.15) is 0 Å². The van der Waals surface area contributed by atoms with Crippen LogP contribution in [0.15, 0.2) is 164 Å². The molecular formula is C42H27N3. The zero-order chi connectivity index (χ0) is 29.7. The second-order valence-corrected chi connectivity index (χ2v) is 11.5. The standard InChI is InChI=1S/C42H27N3/c1-3-13-28(14-4-1)37-27-38(29-15-5-2-6-16-29)44-42(43-37)33-23-32-19-9-10-20-34(32)40(26-33)45-39-22-12-11-21-35(39)36-24-30-17-7-8-18-31(30)25-41(36)45/h1-27H. The van der Waals surface area contributed by atoms with Crippen LogP contribution in [0.25, 0.3) is 82.9 Å². The Morgan fingerprint density at radius 1 is 0.356 bits per heavy atom. The Balaban J connectivity index is 1.36. The molecule has 0 saturated heterocycles. The molecule has 7 aromatic carbocycles. The Hall–Kier alpha value is -6.06. The number of hydrogen-bond acceptors (Lipinski definition) is 2. The fourth-order valence-corrected chi connectivity index (χ4v) is 6.61. The lowest BCUT2D eigenvalue weighted by Gasteiger charge is -2.15. The number of benzene rings is 7. The van der Waals surface area contributed by atoms with Crippen LogP contribution in [0.2, 0.25) is 0 Å². The summed E-state index contributed by atoms with van der Waals surface area (Å²) in [6, 6.07) is 57.9. The summed E-state index contributed by atoms with van der Waals surface area (Å²) >= 11 is 0. The van der Waals surface area contributed by atoms with Crippen molar-refractivity contribution in [3.63, 3.8) is 0 Å². The van der Waals surface area contributed by atoms with E-state index in [0.717, 1.165) is 39.2 Å². The molecule has 9 aromatic rings. The number of nitrogens with zero attached hydrogens (tertiary/aromatic N) is 3. The smallest absolute Gasteiger partial charge is 0.160 e. The van der Waals surface area contributed by atoms with E-state index in [1.165, 1.54) is 38.0 Å². The zero-order valence-corrected chi connectivity index (χ0v) is 24.4. The summed E-state index contributed by atoms with van der Waals surface area (Å²) in [6.45, 7) is 0. The van der Waals surface area contributed by atoms with Crippen molar-refractivity contribution >= 4 is 43.4 Å². The molecule has 2 heterocycles. The molecule has 3 heteroatoms. The van der Waals surface area contributed by atoms with Crippen molar-refractivity contribution in [1.29, 1.82) is 0 Å². The minimum Gasteiger partial charge on any atom is -0.309 e. The molecule has 0 unspecified atom stereocenters. The summed E-state index contributed by atoms with van der Waals surface area (Å²) in [5.41, 5.74) is 8.37. The Kier molecular flexibility index (Phi) is 5.82. The van der Waals surface area contributed by atoms with Crippen molar-refractivity contribution in [3.05, 3.63) is 164 Å². The van der Waals surface area contributed by atoms with Crippen LogP contribution in [0.3, 0.4) is 0 Å². The van der Waals surface area contributed by atoms with Crippen molar-refractivity contribution < 1.29 is 0 Å². The van der Waals surface area contributed by atoms with Gasteiger partial charge in [0.25, 0.3) is 0 Å². The predicted octanol–water partition coefficient (Wildman–Crippen LogP) is 10.9. The first kappa shape index (κ1) is 25.4. The van der Waals surface area contributed by atoms with E-state index in [-0.39, 0.29) is 0 Å². The summed E-state index contributed by atoms with van der Waals surface area (Å²) in [7, 11) is 0. The van der Waals surface area contributed by atoms with E-state index < -0.39 is 0 Å². The first-order valence-electron chi connectivity index (χ1n) is 15.3. The quantitative estimate of drug-likeness (QED) is 0.210. The third-order valence-corrected chi connectivity index (χ3v) is 8.74. The van der Waals surface area contributed by atoms with Crippen molar-refractivity contribution in [1.82, 2.24) is 14.5 Å². The van der Waals surface area contributed by atoms with E-state index in [4.69, 9.17) is 9.97 Å². The second-order valence-electron chi connectivity index (χ2n) is 11.5. The second kappa shape index (κ2) is 10.3. The van der Waals surface area contributed by atoms with Gasteiger partial charge in [-0.1, -0.05) is 127 Å². The molecule has 45 heavy (non-hydrogen) atoms. The van der Waals surface area contributed by atoms with Crippen LogP contribution in [-0.2, 0) is 0 Å². The average molecular weight is 574 g/mol. The third kappa shape index (κ3) is 4.29. The van der Waals surface area contributed by atoms with Gasteiger partial charge in [0.2, 0.25) is 0 Å². The number of fused-ring (bicyclic) bond motifs is 5. The van der Waals surface area contributed by atoms with Gasteiger partial charge in [-0.05, 0) is 52.6 Å². The molecule has 9 rings (SSSR count).